The molecule has 0 spiro atoms. The second-order valence-corrected chi connectivity index (χ2v) is 2.13. The number of carboxylic acid groups (broad SMARTS) is 1. The highest BCUT2D eigenvalue weighted by molar-refractivity contribution is 5.86. The summed E-state index contributed by atoms with van der Waals surface area (Å²) in [5.41, 5.74) is 0. The van der Waals surface area contributed by atoms with Gasteiger partial charge in [0, 0.05) is 0 Å². The van der Waals surface area contributed by atoms with Gasteiger partial charge in [-0.25, -0.2) is 0 Å². The Bertz CT molecular complexity index is 248. The SMILES string of the molecule is O=C([O-])CNC(=O)C(F)(F)C(F)(F)F. The molecule has 0 aliphatic carbocycles. The number of hydrogen-bond acceptors (Lipinski definition) is 3. The van der Waals surface area contributed by atoms with Crippen molar-refractivity contribution in [1.29, 1.82) is 0 Å². The number of carboxylic acids is 1. The number of aliphatic carboxylic acids is 1. The molecule has 0 aliphatic rings. The molecule has 0 atom stereocenters. The number of nitrogens with one attached hydrogen (secondary N) is 1. The highest BCUT2D eigenvalue weighted by Crippen LogP contribution is 2.35. The summed E-state index contributed by atoms with van der Waals surface area (Å²) in [5, 5.41) is 10.5. The quantitative estimate of drug-likeness (QED) is 0.623. The second-order valence-electron chi connectivity index (χ2n) is 2.13. The van der Waals surface area contributed by atoms with Crippen LogP contribution < -0.4 is 10.4 Å². The highest BCUT2D eigenvalue weighted by Gasteiger charge is 2.63. The summed E-state index contributed by atoms with van der Waals surface area (Å²) < 4.78 is 58.4. The normalized spacial score (nSPS) is 12.4. The van der Waals surface area contributed by atoms with Gasteiger partial charge in [-0.1, -0.05) is 0 Å². The Morgan fingerprint density at radius 2 is 1.57 bits per heavy atom. The highest BCUT2D eigenvalue weighted by atomic mass is 19.4. The van der Waals surface area contributed by atoms with E-state index in [4.69, 9.17) is 0 Å². The smallest absolute Gasteiger partial charge is 0.463 e. The minimum Gasteiger partial charge on any atom is -0.548 e. The Balaban J connectivity index is 4.45. The zero-order valence-electron chi connectivity index (χ0n) is 6.32. The molecular weight excluding hydrogens is 217 g/mol. The van der Waals surface area contributed by atoms with E-state index in [0.29, 0.717) is 0 Å². The zero-order chi connectivity index (χ0) is 11.6. The molecular formula is C5H3F5NO3-. The van der Waals surface area contributed by atoms with E-state index in [-0.39, 0.29) is 0 Å². The minimum absolute atomic E-state index is 0.858. The maximum absolute atomic E-state index is 12.0. The van der Waals surface area contributed by atoms with Gasteiger partial charge in [0.05, 0.1) is 12.5 Å². The average molecular weight is 220 g/mol. The van der Waals surface area contributed by atoms with E-state index in [1.807, 2.05) is 0 Å². The number of hydrogen-bond donors (Lipinski definition) is 1. The number of alkyl halides is 5. The first-order chi connectivity index (χ1) is 6.09. The van der Waals surface area contributed by atoms with Crippen LogP contribution in [0.5, 0.6) is 0 Å². The molecule has 0 radical (unpaired) electrons. The van der Waals surface area contributed by atoms with E-state index in [1.165, 1.54) is 0 Å². The van der Waals surface area contributed by atoms with E-state index in [0.717, 1.165) is 5.32 Å². The molecule has 0 saturated heterocycles. The molecule has 0 aromatic carbocycles. The van der Waals surface area contributed by atoms with Gasteiger partial charge < -0.3 is 15.2 Å². The molecule has 0 rings (SSSR count). The Hall–Kier alpha value is -1.41. The molecule has 9 heteroatoms. The summed E-state index contributed by atoms with van der Waals surface area (Å²) in [4.78, 5) is 19.8. The van der Waals surface area contributed by atoms with Crippen LogP contribution >= 0.6 is 0 Å². The lowest BCUT2D eigenvalue weighted by molar-refractivity contribution is -0.304. The summed E-state index contributed by atoms with van der Waals surface area (Å²) >= 11 is 0. The van der Waals surface area contributed by atoms with E-state index in [2.05, 4.69) is 0 Å². The van der Waals surface area contributed by atoms with Crippen molar-refractivity contribution in [3.05, 3.63) is 0 Å². The Kier molecular flexibility index (Phi) is 3.38. The van der Waals surface area contributed by atoms with Crippen molar-refractivity contribution >= 4 is 11.9 Å². The largest absolute Gasteiger partial charge is 0.548 e. The first kappa shape index (κ1) is 12.6. The summed E-state index contributed by atoms with van der Waals surface area (Å²) in [5.74, 6) is -10.3. The predicted molar refractivity (Wildman–Crippen MR) is 29.0 cm³/mol. The van der Waals surface area contributed by atoms with Crippen molar-refractivity contribution in [3.8, 4) is 0 Å². The maximum atomic E-state index is 12.0. The van der Waals surface area contributed by atoms with Crippen molar-refractivity contribution < 1.29 is 36.6 Å². The fraction of sp³-hybridized carbons (Fsp3) is 0.600. The third-order valence-corrected chi connectivity index (χ3v) is 1.03. The molecule has 0 fully saturated rings. The number of amides is 1. The molecule has 1 amide bonds. The zero-order valence-corrected chi connectivity index (χ0v) is 6.32. The van der Waals surface area contributed by atoms with Gasteiger partial charge in [0.15, 0.2) is 0 Å². The van der Waals surface area contributed by atoms with Crippen LogP contribution in [0.25, 0.3) is 0 Å². The molecule has 4 nitrogen and oxygen atoms in total. The van der Waals surface area contributed by atoms with Gasteiger partial charge in [0.2, 0.25) is 0 Å². The molecule has 0 aliphatic heterocycles. The average Bonchev–Trinajstić information content (AvgIpc) is 1.97. The fourth-order valence-corrected chi connectivity index (χ4v) is 0.392. The number of halogens is 5. The maximum Gasteiger partial charge on any atom is 0.463 e. The van der Waals surface area contributed by atoms with Gasteiger partial charge in [-0.15, -0.1) is 0 Å². The molecule has 0 aromatic heterocycles. The van der Waals surface area contributed by atoms with E-state index >= 15 is 0 Å². The third-order valence-electron chi connectivity index (χ3n) is 1.03. The van der Waals surface area contributed by atoms with Crippen molar-refractivity contribution in [2.45, 2.75) is 12.1 Å². The first-order valence-electron chi connectivity index (χ1n) is 3.01. The Morgan fingerprint density at radius 3 is 1.86 bits per heavy atom. The Labute approximate surface area is 73.7 Å². The number of rotatable bonds is 3. The van der Waals surface area contributed by atoms with Gasteiger partial charge >= 0.3 is 18.0 Å². The van der Waals surface area contributed by atoms with Gasteiger partial charge in [-0.05, 0) is 0 Å². The van der Waals surface area contributed by atoms with Crippen LogP contribution in [0.15, 0.2) is 0 Å². The molecule has 0 aromatic rings. The van der Waals surface area contributed by atoms with Crippen LogP contribution in [0, 0.1) is 0 Å². The van der Waals surface area contributed by atoms with Gasteiger partial charge in [0.1, 0.15) is 0 Å². The van der Waals surface area contributed by atoms with E-state index in [1.54, 1.807) is 0 Å². The van der Waals surface area contributed by atoms with Crippen LogP contribution in [0.3, 0.4) is 0 Å². The van der Waals surface area contributed by atoms with E-state index < -0.39 is 30.5 Å². The summed E-state index contributed by atoms with van der Waals surface area (Å²) in [6.45, 7) is -1.41. The number of carbonyl (C=O) groups excluding carboxylic acids is 2. The second kappa shape index (κ2) is 3.76. The summed E-state index contributed by atoms with van der Waals surface area (Å²) in [7, 11) is 0. The van der Waals surface area contributed by atoms with Crippen molar-refractivity contribution in [3.63, 3.8) is 0 Å². The van der Waals surface area contributed by atoms with E-state index in [9.17, 15) is 36.6 Å². The van der Waals surface area contributed by atoms with Gasteiger partial charge in [-0.3, -0.25) is 4.79 Å². The molecule has 0 unspecified atom stereocenters. The van der Waals surface area contributed by atoms with Crippen LogP contribution in [-0.2, 0) is 9.59 Å². The molecule has 0 saturated carbocycles. The first-order valence-corrected chi connectivity index (χ1v) is 3.01. The van der Waals surface area contributed by atoms with Crippen LogP contribution in [0.2, 0.25) is 0 Å². The van der Waals surface area contributed by atoms with Crippen LogP contribution in [0.1, 0.15) is 0 Å². The molecule has 1 N–H and O–H groups in total. The third kappa shape index (κ3) is 2.82. The van der Waals surface area contributed by atoms with Crippen molar-refractivity contribution in [2.24, 2.45) is 0 Å². The van der Waals surface area contributed by atoms with Crippen LogP contribution in [0.4, 0.5) is 22.0 Å². The minimum atomic E-state index is -6.05. The van der Waals surface area contributed by atoms with Gasteiger partial charge in [0.25, 0.3) is 0 Å². The summed E-state index contributed by atoms with van der Waals surface area (Å²) in [6.07, 6.45) is -6.05. The topological polar surface area (TPSA) is 69.2 Å². The molecule has 82 valence electrons. The number of carbonyl (C=O) groups is 2. The standard InChI is InChI=1S/C5H4F5NO3/c6-4(7,5(8,9)10)3(14)11-1-2(12)13/h1H2,(H,11,14)(H,12,13)/p-1. The summed E-state index contributed by atoms with van der Waals surface area (Å²) in [6, 6.07) is 0. The fourth-order valence-electron chi connectivity index (χ4n) is 0.392. The molecule has 0 heterocycles. The van der Waals surface area contributed by atoms with Gasteiger partial charge in [-0.2, -0.15) is 22.0 Å². The van der Waals surface area contributed by atoms with Crippen molar-refractivity contribution in [1.82, 2.24) is 5.32 Å². The Morgan fingerprint density at radius 1 is 1.14 bits per heavy atom. The molecule has 14 heavy (non-hydrogen) atoms. The lowest BCUT2D eigenvalue weighted by atomic mass is 10.3. The molecule has 0 bridgehead atoms. The lowest BCUT2D eigenvalue weighted by Gasteiger charge is -2.18. The lowest BCUT2D eigenvalue weighted by Crippen LogP contribution is -2.52. The van der Waals surface area contributed by atoms with Crippen molar-refractivity contribution in [2.75, 3.05) is 6.54 Å². The monoisotopic (exact) mass is 220 g/mol. The van der Waals surface area contributed by atoms with Crippen LogP contribution in [-0.4, -0.2) is 30.5 Å². The predicted octanol–water partition coefficient (Wildman–Crippen LogP) is -0.950.